The smallest absolute Gasteiger partial charge is 0.134 e. The third kappa shape index (κ3) is 2.53. The number of likely N-dealkylation sites (N-methyl/N-ethyl adjacent to an activating group) is 1. The van der Waals surface area contributed by atoms with Crippen LogP contribution in [0.25, 0.3) is 11.0 Å². The molecule has 0 bridgehead atoms. The molecule has 0 aliphatic carbocycles. The molecular weight excluding hydrogens is 238 g/mol. The zero-order chi connectivity index (χ0) is 13.2. The van der Waals surface area contributed by atoms with Gasteiger partial charge in [0.15, 0.2) is 0 Å². The zero-order valence-corrected chi connectivity index (χ0v) is 11.6. The van der Waals surface area contributed by atoms with Gasteiger partial charge in [-0.2, -0.15) is 0 Å². The Kier molecular flexibility index (Phi) is 3.58. The minimum absolute atomic E-state index is 0.155. The lowest BCUT2D eigenvalue weighted by Crippen LogP contribution is -2.31. The van der Waals surface area contributed by atoms with Crippen LogP contribution in [-0.2, 0) is 4.74 Å². The van der Waals surface area contributed by atoms with Gasteiger partial charge in [-0.3, -0.25) is 0 Å². The topological polar surface area (TPSA) is 34.4 Å². The minimum atomic E-state index is 0.155. The normalized spacial score (nSPS) is 24.9. The van der Waals surface area contributed by atoms with Gasteiger partial charge in [0.05, 0.1) is 18.2 Å². The number of hydrogen-bond acceptors (Lipinski definition) is 3. The second-order valence-corrected chi connectivity index (χ2v) is 5.28. The van der Waals surface area contributed by atoms with Crippen LogP contribution in [0.15, 0.2) is 34.7 Å². The lowest BCUT2D eigenvalue weighted by atomic mass is 10.0. The highest BCUT2D eigenvalue weighted by Crippen LogP contribution is 2.32. The third-order valence-electron chi connectivity index (χ3n) is 3.81. The predicted molar refractivity (Wildman–Crippen MR) is 76.2 cm³/mol. The predicted octanol–water partition coefficient (Wildman–Crippen LogP) is 3.65. The van der Waals surface area contributed by atoms with Gasteiger partial charge in [0.1, 0.15) is 11.3 Å². The first-order valence-corrected chi connectivity index (χ1v) is 7.15. The highest BCUT2D eigenvalue weighted by Gasteiger charge is 2.32. The van der Waals surface area contributed by atoms with Crippen molar-refractivity contribution < 1.29 is 9.15 Å². The summed E-state index contributed by atoms with van der Waals surface area (Å²) in [5.74, 6) is 0.988. The first kappa shape index (κ1) is 12.7. The van der Waals surface area contributed by atoms with E-state index in [0.29, 0.717) is 6.10 Å². The lowest BCUT2D eigenvalue weighted by Gasteiger charge is -2.22. The summed E-state index contributed by atoms with van der Waals surface area (Å²) in [6.45, 7) is 5.17. The monoisotopic (exact) mass is 259 g/mol. The van der Waals surface area contributed by atoms with Gasteiger partial charge in [0.2, 0.25) is 0 Å². The number of furan rings is 1. The van der Waals surface area contributed by atoms with Crippen molar-refractivity contribution in [1.29, 1.82) is 0 Å². The second-order valence-electron chi connectivity index (χ2n) is 5.28. The molecule has 19 heavy (non-hydrogen) atoms. The SMILES string of the molecule is CCNC(c1cc2ccccc2o1)C1CCC(C)O1. The fourth-order valence-corrected chi connectivity index (χ4v) is 2.87. The van der Waals surface area contributed by atoms with Crippen LogP contribution in [0.2, 0.25) is 0 Å². The number of rotatable bonds is 4. The van der Waals surface area contributed by atoms with E-state index in [1.807, 2.05) is 18.2 Å². The average Bonchev–Trinajstić information content (AvgIpc) is 3.01. The molecule has 1 fully saturated rings. The van der Waals surface area contributed by atoms with Crippen LogP contribution in [-0.4, -0.2) is 18.8 Å². The van der Waals surface area contributed by atoms with Gasteiger partial charge in [-0.05, 0) is 38.4 Å². The quantitative estimate of drug-likeness (QED) is 0.910. The van der Waals surface area contributed by atoms with Crippen molar-refractivity contribution in [2.45, 2.75) is 44.9 Å². The second kappa shape index (κ2) is 5.35. The van der Waals surface area contributed by atoms with Gasteiger partial charge in [0.25, 0.3) is 0 Å². The molecule has 3 rings (SSSR count). The fraction of sp³-hybridized carbons (Fsp3) is 0.500. The summed E-state index contributed by atoms with van der Waals surface area (Å²) in [7, 11) is 0. The summed E-state index contributed by atoms with van der Waals surface area (Å²) < 4.78 is 12.0. The molecule has 1 saturated heterocycles. The maximum absolute atomic E-state index is 6.00. The summed E-state index contributed by atoms with van der Waals surface area (Å²) in [6, 6.07) is 10.4. The van der Waals surface area contributed by atoms with Crippen molar-refractivity contribution in [3.63, 3.8) is 0 Å². The first-order valence-electron chi connectivity index (χ1n) is 7.15. The number of benzene rings is 1. The van der Waals surface area contributed by atoms with Crippen molar-refractivity contribution >= 4 is 11.0 Å². The van der Waals surface area contributed by atoms with E-state index in [0.717, 1.165) is 36.1 Å². The Morgan fingerprint density at radius 2 is 2.16 bits per heavy atom. The maximum atomic E-state index is 6.00. The van der Waals surface area contributed by atoms with Gasteiger partial charge >= 0.3 is 0 Å². The summed E-state index contributed by atoms with van der Waals surface area (Å²) >= 11 is 0. The number of fused-ring (bicyclic) bond motifs is 1. The minimum Gasteiger partial charge on any atom is -0.459 e. The average molecular weight is 259 g/mol. The van der Waals surface area contributed by atoms with E-state index in [9.17, 15) is 0 Å². The Morgan fingerprint density at radius 1 is 1.32 bits per heavy atom. The van der Waals surface area contributed by atoms with E-state index in [2.05, 4.69) is 31.3 Å². The molecule has 2 heterocycles. The van der Waals surface area contributed by atoms with E-state index in [4.69, 9.17) is 9.15 Å². The zero-order valence-electron chi connectivity index (χ0n) is 11.6. The van der Waals surface area contributed by atoms with Crippen LogP contribution < -0.4 is 5.32 Å². The van der Waals surface area contributed by atoms with Crippen molar-refractivity contribution in [3.05, 3.63) is 36.1 Å². The maximum Gasteiger partial charge on any atom is 0.134 e. The molecule has 3 nitrogen and oxygen atoms in total. The number of para-hydroxylation sites is 1. The van der Waals surface area contributed by atoms with Gasteiger partial charge in [-0.15, -0.1) is 0 Å². The molecule has 1 aromatic heterocycles. The van der Waals surface area contributed by atoms with Gasteiger partial charge in [-0.25, -0.2) is 0 Å². The van der Waals surface area contributed by atoms with Crippen LogP contribution in [0, 0.1) is 0 Å². The Bertz CT molecular complexity index is 515. The van der Waals surface area contributed by atoms with Crippen LogP contribution in [0.3, 0.4) is 0 Å². The van der Waals surface area contributed by atoms with Crippen LogP contribution in [0.1, 0.15) is 38.5 Å². The molecule has 3 heteroatoms. The van der Waals surface area contributed by atoms with E-state index in [1.165, 1.54) is 0 Å². The molecule has 1 aliphatic rings. The van der Waals surface area contributed by atoms with Crippen LogP contribution in [0.5, 0.6) is 0 Å². The molecule has 1 aromatic carbocycles. The largest absolute Gasteiger partial charge is 0.459 e. The van der Waals surface area contributed by atoms with Crippen LogP contribution in [0.4, 0.5) is 0 Å². The van der Waals surface area contributed by atoms with E-state index >= 15 is 0 Å². The number of nitrogens with one attached hydrogen (secondary N) is 1. The Hall–Kier alpha value is -1.32. The molecule has 0 saturated carbocycles. The summed E-state index contributed by atoms with van der Waals surface area (Å²) in [6.07, 6.45) is 2.80. The van der Waals surface area contributed by atoms with Crippen LogP contribution >= 0.6 is 0 Å². The third-order valence-corrected chi connectivity index (χ3v) is 3.81. The molecule has 0 spiro atoms. The molecule has 1 N–H and O–H groups in total. The van der Waals surface area contributed by atoms with Gasteiger partial charge in [-0.1, -0.05) is 25.1 Å². The van der Waals surface area contributed by atoms with E-state index in [-0.39, 0.29) is 12.1 Å². The Labute approximate surface area is 113 Å². The molecular formula is C16H21NO2. The Balaban J connectivity index is 1.90. The molecule has 3 unspecified atom stereocenters. The van der Waals surface area contributed by atoms with Gasteiger partial charge in [0, 0.05) is 5.39 Å². The number of ether oxygens (including phenoxy) is 1. The van der Waals surface area contributed by atoms with Gasteiger partial charge < -0.3 is 14.5 Å². The summed E-state index contributed by atoms with van der Waals surface area (Å²) in [5.41, 5.74) is 0.950. The van der Waals surface area contributed by atoms with E-state index in [1.54, 1.807) is 0 Å². The molecule has 2 aromatic rings. The van der Waals surface area contributed by atoms with Crippen molar-refractivity contribution in [2.75, 3.05) is 6.54 Å². The summed E-state index contributed by atoms with van der Waals surface area (Å²) in [4.78, 5) is 0. The highest BCUT2D eigenvalue weighted by atomic mass is 16.5. The Morgan fingerprint density at radius 3 is 2.84 bits per heavy atom. The van der Waals surface area contributed by atoms with E-state index < -0.39 is 0 Å². The fourth-order valence-electron chi connectivity index (χ4n) is 2.87. The van der Waals surface area contributed by atoms with Crippen molar-refractivity contribution in [2.24, 2.45) is 0 Å². The lowest BCUT2D eigenvalue weighted by molar-refractivity contribution is 0.0275. The summed E-state index contributed by atoms with van der Waals surface area (Å²) in [5, 5.41) is 4.66. The molecule has 102 valence electrons. The first-order chi connectivity index (χ1) is 9.28. The molecule has 0 amide bonds. The number of hydrogen-bond donors (Lipinski definition) is 1. The standard InChI is InChI=1S/C16H21NO2/c1-3-17-16(14-9-8-11(2)18-14)15-10-12-6-4-5-7-13(12)19-15/h4-7,10-11,14,16-17H,3,8-9H2,1-2H3. The molecule has 3 atom stereocenters. The highest BCUT2D eigenvalue weighted by molar-refractivity contribution is 5.77. The molecule has 1 aliphatic heterocycles. The van der Waals surface area contributed by atoms with Crippen molar-refractivity contribution in [1.82, 2.24) is 5.32 Å². The van der Waals surface area contributed by atoms with Crippen molar-refractivity contribution in [3.8, 4) is 0 Å². The molecule has 0 radical (unpaired) electrons.